The van der Waals surface area contributed by atoms with Crippen molar-refractivity contribution in [2.75, 3.05) is 5.32 Å². The maximum Gasteiger partial charge on any atom is 0.274 e. The van der Waals surface area contributed by atoms with Gasteiger partial charge in [-0.3, -0.25) is 9.59 Å². The van der Waals surface area contributed by atoms with Crippen LogP contribution in [0.15, 0.2) is 60.7 Å². The van der Waals surface area contributed by atoms with E-state index in [9.17, 15) is 9.59 Å². The van der Waals surface area contributed by atoms with Gasteiger partial charge in [0.15, 0.2) is 0 Å². The number of para-hydroxylation sites is 1. The summed E-state index contributed by atoms with van der Waals surface area (Å²) in [6.45, 7) is 6.29. The molecule has 3 aromatic rings. The fourth-order valence-corrected chi connectivity index (χ4v) is 2.86. The molecule has 0 unspecified atom stereocenters. The highest BCUT2D eigenvalue weighted by atomic mass is 16.2. The van der Waals surface area contributed by atoms with Crippen molar-refractivity contribution in [2.45, 2.75) is 27.3 Å². The van der Waals surface area contributed by atoms with Crippen molar-refractivity contribution in [3.05, 3.63) is 94.3 Å². The van der Waals surface area contributed by atoms with Gasteiger partial charge in [0.1, 0.15) is 11.4 Å². The van der Waals surface area contributed by atoms with Gasteiger partial charge in [-0.2, -0.15) is 0 Å². The van der Waals surface area contributed by atoms with Crippen molar-refractivity contribution in [2.24, 2.45) is 0 Å². The Morgan fingerprint density at radius 2 is 1.36 bits per heavy atom. The molecule has 0 atom stereocenters. The van der Waals surface area contributed by atoms with Crippen LogP contribution >= 0.6 is 0 Å². The molecule has 1 heterocycles. The first-order chi connectivity index (χ1) is 13.4. The summed E-state index contributed by atoms with van der Waals surface area (Å²) in [5.41, 5.74) is 5.29. The van der Waals surface area contributed by atoms with Crippen LogP contribution < -0.4 is 10.6 Å². The van der Waals surface area contributed by atoms with Crippen molar-refractivity contribution in [1.29, 1.82) is 0 Å². The Hall–Kier alpha value is -3.47. The first kappa shape index (κ1) is 19.3. The number of pyridine rings is 1. The van der Waals surface area contributed by atoms with Crippen LogP contribution in [-0.2, 0) is 6.54 Å². The average molecular weight is 373 g/mol. The van der Waals surface area contributed by atoms with Crippen LogP contribution in [0, 0.1) is 20.8 Å². The van der Waals surface area contributed by atoms with E-state index in [0.29, 0.717) is 6.54 Å². The summed E-state index contributed by atoms with van der Waals surface area (Å²) in [5, 5.41) is 5.73. The Balaban J connectivity index is 1.69. The SMILES string of the molecule is Cc1ccc(CNC(=O)c2cccc(C(=O)Nc3c(C)cccc3C)n2)cc1. The summed E-state index contributed by atoms with van der Waals surface area (Å²) in [6.07, 6.45) is 0. The molecule has 0 aliphatic rings. The van der Waals surface area contributed by atoms with Gasteiger partial charge in [-0.1, -0.05) is 54.1 Å². The summed E-state index contributed by atoms with van der Waals surface area (Å²) < 4.78 is 0. The van der Waals surface area contributed by atoms with E-state index in [0.717, 1.165) is 22.4 Å². The number of anilines is 1. The lowest BCUT2D eigenvalue weighted by Gasteiger charge is -2.11. The van der Waals surface area contributed by atoms with Gasteiger partial charge >= 0.3 is 0 Å². The van der Waals surface area contributed by atoms with E-state index in [4.69, 9.17) is 0 Å². The number of aryl methyl sites for hydroxylation is 3. The van der Waals surface area contributed by atoms with Crippen molar-refractivity contribution >= 4 is 17.5 Å². The predicted octanol–water partition coefficient (Wildman–Crippen LogP) is 4.19. The molecule has 0 saturated heterocycles. The first-order valence-corrected chi connectivity index (χ1v) is 9.12. The number of nitrogens with zero attached hydrogens (tertiary/aromatic N) is 1. The number of nitrogens with one attached hydrogen (secondary N) is 2. The zero-order valence-electron chi connectivity index (χ0n) is 16.2. The van der Waals surface area contributed by atoms with Gasteiger partial charge in [-0.05, 0) is 49.6 Å². The number of carbonyl (C=O) groups is 2. The van der Waals surface area contributed by atoms with Gasteiger partial charge in [-0.15, -0.1) is 0 Å². The minimum absolute atomic E-state index is 0.200. The second-order valence-electron chi connectivity index (χ2n) is 6.80. The molecule has 0 spiro atoms. The lowest BCUT2D eigenvalue weighted by molar-refractivity contribution is 0.0945. The maximum atomic E-state index is 12.6. The molecular weight excluding hydrogens is 350 g/mol. The number of carbonyl (C=O) groups excluding carboxylic acids is 2. The van der Waals surface area contributed by atoms with E-state index in [1.165, 1.54) is 5.56 Å². The van der Waals surface area contributed by atoms with E-state index in [1.54, 1.807) is 18.2 Å². The highest BCUT2D eigenvalue weighted by Gasteiger charge is 2.14. The third kappa shape index (κ3) is 4.62. The highest BCUT2D eigenvalue weighted by Crippen LogP contribution is 2.20. The molecule has 0 fully saturated rings. The Morgan fingerprint density at radius 1 is 0.786 bits per heavy atom. The largest absolute Gasteiger partial charge is 0.347 e. The highest BCUT2D eigenvalue weighted by molar-refractivity contribution is 6.04. The fourth-order valence-electron chi connectivity index (χ4n) is 2.86. The van der Waals surface area contributed by atoms with Crippen LogP contribution in [-0.4, -0.2) is 16.8 Å². The zero-order chi connectivity index (χ0) is 20.1. The molecule has 28 heavy (non-hydrogen) atoms. The van der Waals surface area contributed by atoms with Crippen LogP contribution in [0.1, 0.15) is 43.2 Å². The monoisotopic (exact) mass is 373 g/mol. The van der Waals surface area contributed by atoms with Gasteiger partial charge in [0.05, 0.1) is 0 Å². The molecule has 0 aliphatic carbocycles. The van der Waals surface area contributed by atoms with Crippen LogP contribution in [0.3, 0.4) is 0 Å². The molecule has 0 radical (unpaired) electrons. The lowest BCUT2D eigenvalue weighted by Crippen LogP contribution is -2.25. The number of rotatable bonds is 5. The minimum atomic E-state index is -0.342. The molecule has 5 heteroatoms. The number of benzene rings is 2. The average Bonchev–Trinajstić information content (AvgIpc) is 2.70. The normalized spacial score (nSPS) is 10.4. The lowest BCUT2D eigenvalue weighted by atomic mass is 10.1. The molecular formula is C23H23N3O2. The molecule has 0 bridgehead atoms. The summed E-state index contributed by atoms with van der Waals surface area (Å²) in [6, 6.07) is 18.6. The third-order valence-electron chi connectivity index (χ3n) is 4.51. The predicted molar refractivity (Wildman–Crippen MR) is 110 cm³/mol. The molecule has 5 nitrogen and oxygen atoms in total. The summed E-state index contributed by atoms with van der Waals surface area (Å²) in [4.78, 5) is 29.3. The van der Waals surface area contributed by atoms with Crippen molar-refractivity contribution in [1.82, 2.24) is 10.3 Å². The van der Waals surface area contributed by atoms with E-state index >= 15 is 0 Å². The first-order valence-electron chi connectivity index (χ1n) is 9.12. The number of amides is 2. The molecule has 0 aliphatic heterocycles. The van der Waals surface area contributed by atoms with Crippen LogP contribution in [0.5, 0.6) is 0 Å². The molecule has 2 amide bonds. The van der Waals surface area contributed by atoms with Gasteiger partial charge in [0, 0.05) is 12.2 Å². The van der Waals surface area contributed by atoms with Crippen molar-refractivity contribution in [3.63, 3.8) is 0 Å². The Morgan fingerprint density at radius 3 is 2.00 bits per heavy atom. The second kappa shape index (κ2) is 8.48. The summed E-state index contributed by atoms with van der Waals surface area (Å²) >= 11 is 0. The molecule has 1 aromatic heterocycles. The fraction of sp³-hybridized carbons (Fsp3) is 0.174. The number of hydrogen-bond donors (Lipinski definition) is 2. The quantitative estimate of drug-likeness (QED) is 0.704. The van der Waals surface area contributed by atoms with Gasteiger partial charge in [0.2, 0.25) is 0 Å². The molecule has 0 saturated carbocycles. The Kier molecular flexibility index (Phi) is 5.84. The van der Waals surface area contributed by atoms with Crippen LogP contribution in [0.4, 0.5) is 5.69 Å². The van der Waals surface area contributed by atoms with E-state index in [-0.39, 0.29) is 23.2 Å². The van der Waals surface area contributed by atoms with Gasteiger partial charge in [0.25, 0.3) is 11.8 Å². The third-order valence-corrected chi connectivity index (χ3v) is 4.51. The van der Waals surface area contributed by atoms with Crippen molar-refractivity contribution < 1.29 is 9.59 Å². The molecule has 142 valence electrons. The molecule has 2 N–H and O–H groups in total. The topological polar surface area (TPSA) is 71.1 Å². The molecule has 3 rings (SSSR count). The smallest absolute Gasteiger partial charge is 0.274 e. The number of hydrogen-bond acceptors (Lipinski definition) is 3. The van der Waals surface area contributed by atoms with E-state index < -0.39 is 0 Å². The zero-order valence-corrected chi connectivity index (χ0v) is 16.2. The number of aromatic nitrogens is 1. The molecule has 2 aromatic carbocycles. The van der Waals surface area contributed by atoms with Crippen LogP contribution in [0.2, 0.25) is 0 Å². The minimum Gasteiger partial charge on any atom is -0.347 e. The summed E-state index contributed by atoms with van der Waals surface area (Å²) in [5.74, 6) is -0.659. The van der Waals surface area contributed by atoms with E-state index in [2.05, 4.69) is 15.6 Å². The standard InChI is InChI=1S/C23H23N3O2/c1-15-10-12-18(13-11-15)14-24-22(27)19-8-5-9-20(25-19)23(28)26-21-16(2)6-4-7-17(21)3/h4-13H,14H2,1-3H3,(H,24,27)(H,26,28). The summed E-state index contributed by atoms with van der Waals surface area (Å²) in [7, 11) is 0. The van der Waals surface area contributed by atoms with E-state index in [1.807, 2.05) is 63.2 Å². The van der Waals surface area contributed by atoms with Gasteiger partial charge in [-0.25, -0.2) is 4.98 Å². The van der Waals surface area contributed by atoms with Crippen molar-refractivity contribution in [3.8, 4) is 0 Å². The maximum absolute atomic E-state index is 12.6. The Labute approximate surface area is 164 Å². The van der Waals surface area contributed by atoms with Crippen LogP contribution in [0.25, 0.3) is 0 Å². The van der Waals surface area contributed by atoms with Gasteiger partial charge < -0.3 is 10.6 Å². The second-order valence-corrected chi connectivity index (χ2v) is 6.80. The Bertz CT molecular complexity index is 990.